The van der Waals surface area contributed by atoms with Crippen molar-refractivity contribution in [3.8, 4) is 0 Å². The Bertz CT molecular complexity index is 796. The molecule has 0 unspecified atom stereocenters. The predicted molar refractivity (Wildman–Crippen MR) is 90.9 cm³/mol. The largest absolute Gasteiger partial charge is 0.545 e. The Labute approximate surface area is 147 Å². The summed E-state index contributed by atoms with van der Waals surface area (Å²) < 4.78 is 0. The third kappa shape index (κ3) is 4.66. The highest BCUT2D eigenvalue weighted by Crippen LogP contribution is 2.20. The SMILES string of the molecule is O=C(NC(=S)Nc1ccc(Cl)c(C(=O)[O-])c1)c1cccc(Cl)c1. The summed E-state index contributed by atoms with van der Waals surface area (Å²) in [5, 5.41) is 16.5. The smallest absolute Gasteiger partial charge is 0.257 e. The van der Waals surface area contributed by atoms with Gasteiger partial charge >= 0.3 is 0 Å². The van der Waals surface area contributed by atoms with Crippen LogP contribution in [-0.2, 0) is 0 Å². The van der Waals surface area contributed by atoms with E-state index in [9.17, 15) is 14.7 Å². The van der Waals surface area contributed by atoms with Crippen molar-refractivity contribution in [1.82, 2.24) is 5.32 Å². The van der Waals surface area contributed by atoms with Crippen molar-refractivity contribution in [1.29, 1.82) is 0 Å². The molecule has 0 saturated heterocycles. The van der Waals surface area contributed by atoms with Gasteiger partial charge in [-0.25, -0.2) is 0 Å². The van der Waals surface area contributed by atoms with Crippen molar-refractivity contribution in [2.45, 2.75) is 0 Å². The third-order valence-corrected chi connectivity index (χ3v) is 3.53. The summed E-state index contributed by atoms with van der Waals surface area (Å²) in [5.41, 5.74) is 0.513. The van der Waals surface area contributed by atoms with Gasteiger partial charge in [0.1, 0.15) is 0 Å². The molecular weight excluding hydrogens is 359 g/mol. The first-order valence-corrected chi connectivity index (χ1v) is 7.42. The van der Waals surface area contributed by atoms with E-state index in [0.29, 0.717) is 16.3 Å². The molecule has 2 aromatic carbocycles. The number of benzene rings is 2. The number of carboxylic acids is 1. The molecule has 0 spiro atoms. The molecule has 1 amide bonds. The van der Waals surface area contributed by atoms with Crippen LogP contribution in [0.2, 0.25) is 10.0 Å². The molecule has 0 aliphatic heterocycles. The number of anilines is 1. The predicted octanol–water partition coefficient (Wildman–Crippen LogP) is 2.48. The highest BCUT2D eigenvalue weighted by Gasteiger charge is 2.09. The van der Waals surface area contributed by atoms with Crippen LogP contribution in [0.25, 0.3) is 0 Å². The molecule has 2 aromatic rings. The number of carboxylic acid groups (broad SMARTS) is 1. The molecule has 118 valence electrons. The Morgan fingerprint density at radius 1 is 1.09 bits per heavy atom. The van der Waals surface area contributed by atoms with Crippen molar-refractivity contribution < 1.29 is 14.7 Å². The van der Waals surface area contributed by atoms with Crippen LogP contribution < -0.4 is 15.7 Å². The number of thiocarbonyl (C=S) groups is 1. The fourth-order valence-corrected chi connectivity index (χ4v) is 2.32. The molecule has 0 bridgehead atoms. The lowest BCUT2D eigenvalue weighted by molar-refractivity contribution is -0.255. The molecule has 0 radical (unpaired) electrons. The number of amides is 1. The molecule has 5 nitrogen and oxygen atoms in total. The van der Waals surface area contributed by atoms with Crippen LogP contribution >= 0.6 is 35.4 Å². The van der Waals surface area contributed by atoms with E-state index in [-0.39, 0.29) is 15.7 Å². The van der Waals surface area contributed by atoms with Gasteiger partial charge in [0.25, 0.3) is 5.91 Å². The molecule has 0 atom stereocenters. The fraction of sp³-hybridized carbons (Fsp3) is 0. The minimum Gasteiger partial charge on any atom is -0.545 e. The molecule has 23 heavy (non-hydrogen) atoms. The van der Waals surface area contributed by atoms with E-state index in [2.05, 4.69) is 10.6 Å². The number of hydrogen-bond acceptors (Lipinski definition) is 4. The van der Waals surface area contributed by atoms with E-state index in [1.807, 2.05) is 0 Å². The van der Waals surface area contributed by atoms with Crippen LogP contribution in [0.15, 0.2) is 42.5 Å². The van der Waals surface area contributed by atoms with E-state index in [1.54, 1.807) is 18.2 Å². The second kappa shape index (κ2) is 7.41. The number of aromatic carboxylic acids is 1. The van der Waals surface area contributed by atoms with Crippen LogP contribution in [0.1, 0.15) is 20.7 Å². The molecule has 0 fully saturated rings. The van der Waals surface area contributed by atoms with E-state index >= 15 is 0 Å². The zero-order valence-corrected chi connectivity index (χ0v) is 13.8. The highest BCUT2D eigenvalue weighted by atomic mass is 35.5. The van der Waals surface area contributed by atoms with Gasteiger partial charge in [0, 0.05) is 26.9 Å². The van der Waals surface area contributed by atoms with Gasteiger partial charge < -0.3 is 15.2 Å². The van der Waals surface area contributed by atoms with Crippen molar-refractivity contribution in [2.24, 2.45) is 0 Å². The normalized spacial score (nSPS) is 10.0. The first-order chi connectivity index (χ1) is 10.9. The summed E-state index contributed by atoms with van der Waals surface area (Å²) in [6.45, 7) is 0. The van der Waals surface area contributed by atoms with Crippen molar-refractivity contribution in [2.75, 3.05) is 5.32 Å². The average molecular weight is 368 g/mol. The average Bonchev–Trinajstić information content (AvgIpc) is 2.48. The first kappa shape index (κ1) is 17.2. The van der Waals surface area contributed by atoms with Gasteiger partial charge in [-0.2, -0.15) is 0 Å². The van der Waals surface area contributed by atoms with Gasteiger partial charge in [-0.3, -0.25) is 10.1 Å². The Morgan fingerprint density at radius 2 is 1.83 bits per heavy atom. The highest BCUT2D eigenvalue weighted by molar-refractivity contribution is 7.80. The van der Waals surface area contributed by atoms with Crippen LogP contribution in [0, 0.1) is 0 Å². The van der Waals surface area contributed by atoms with E-state index in [1.165, 1.54) is 24.3 Å². The molecule has 0 aliphatic rings. The number of nitrogens with one attached hydrogen (secondary N) is 2. The monoisotopic (exact) mass is 367 g/mol. The minimum atomic E-state index is -1.41. The minimum absolute atomic E-state index is 0.00148. The molecular formula is C15H9Cl2N2O3S-. The van der Waals surface area contributed by atoms with Gasteiger partial charge in [0.05, 0.1) is 5.97 Å². The number of hydrogen-bond donors (Lipinski definition) is 2. The standard InChI is InChI=1S/C15H10Cl2N2O3S/c16-9-3-1-2-8(6-9)13(20)19-15(23)18-10-4-5-12(17)11(7-10)14(21)22/h1-7H,(H,21,22)(H2,18,19,20,23)/p-1. The van der Waals surface area contributed by atoms with Gasteiger partial charge in [-0.05, 0) is 48.6 Å². The van der Waals surface area contributed by atoms with Gasteiger partial charge in [0.2, 0.25) is 0 Å². The van der Waals surface area contributed by atoms with Crippen LogP contribution in [0.5, 0.6) is 0 Å². The maximum atomic E-state index is 12.0. The first-order valence-electron chi connectivity index (χ1n) is 6.25. The molecule has 0 aromatic heterocycles. The number of carbonyl (C=O) groups is 2. The van der Waals surface area contributed by atoms with Crippen molar-refractivity contribution in [3.05, 3.63) is 63.6 Å². The summed E-state index contributed by atoms with van der Waals surface area (Å²) in [6.07, 6.45) is 0. The van der Waals surface area contributed by atoms with E-state index < -0.39 is 11.9 Å². The number of halogens is 2. The fourth-order valence-electron chi connectivity index (χ4n) is 1.73. The quantitative estimate of drug-likeness (QED) is 0.814. The lowest BCUT2D eigenvalue weighted by atomic mass is 10.2. The van der Waals surface area contributed by atoms with Crippen molar-refractivity contribution in [3.63, 3.8) is 0 Å². The Kier molecular flexibility index (Phi) is 5.54. The van der Waals surface area contributed by atoms with Gasteiger partial charge in [0.15, 0.2) is 5.11 Å². The van der Waals surface area contributed by atoms with Crippen LogP contribution in [-0.4, -0.2) is 17.0 Å². The van der Waals surface area contributed by atoms with Gasteiger partial charge in [-0.15, -0.1) is 0 Å². The Balaban J connectivity index is 2.06. The molecule has 0 aliphatic carbocycles. The van der Waals surface area contributed by atoms with Crippen LogP contribution in [0.3, 0.4) is 0 Å². The Hall–Kier alpha value is -2.15. The van der Waals surface area contributed by atoms with E-state index in [0.717, 1.165) is 0 Å². The van der Waals surface area contributed by atoms with Gasteiger partial charge in [-0.1, -0.05) is 29.3 Å². The lowest BCUT2D eigenvalue weighted by Crippen LogP contribution is -2.34. The third-order valence-electron chi connectivity index (χ3n) is 2.76. The zero-order valence-electron chi connectivity index (χ0n) is 11.4. The summed E-state index contributed by atoms with van der Waals surface area (Å²) in [5.74, 6) is -1.85. The molecule has 2 N–H and O–H groups in total. The second-order valence-corrected chi connectivity index (χ2v) is 5.65. The van der Waals surface area contributed by atoms with Crippen LogP contribution in [0.4, 0.5) is 5.69 Å². The summed E-state index contributed by atoms with van der Waals surface area (Å²) in [4.78, 5) is 22.9. The number of rotatable bonds is 3. The topological polar surface area (TPSA) is 81.3 Å². The number of carbonyl (C=O) groups excluding carboxylic acids is 2. The Morgan fingerprint density at radius 3 is 2.48 bits per heavy atom. The maximum Gasteiger partial charge on any atom is 0.257 e. The molecule has 8 heteroatoms. The lowest BCUT2D eigenvalue weighted by Gasteiger charge is -2.12. The molecule has 0 heterocycles. The summed E-state index contributed by atoms with van der Waals surface area (Å²) >= 11 is 16.6. The molecule has 0 saturated carbocycles. The summed E-state index contributed by atoms with van der Waals surface area (Å²) in [7, 11) is 0. The molecule has 2 rings (SSSR count). The maximum absolute atomic E-state index is 12.0. The van der Waals surface area contributed by atoms with E-state index in [4.69, 9.17) is 35.4 Å². The summed E-state index contributed by atoms with van der Waals surface area (Å²) in [6, 6.07) is 10.5. The van der Waals surface area contributed by atoms with Crippen molar-refractivity contribution >= 4 is 58.1 Å². The second-order valence-electron chi connectivity index (χ2n) is 4.40. The zero-order chi connectivity index (χ0) is 17.0.